The minimum Gasteiger partial charge on any atom is -0.496 e. The molecule has 0 aliphatic carbocycles. The number of carbonyl (C=O) groups excluding carboxylic acids is 2. The van der Waals surface area contributed by atoms with Crippen LogP contribution in [0.25, 0.3) is 0 Å². The number of carbonyl (C=O) groups is 2. The summed E-state index contributed by atoms with van der Waals surface area (Å²) in [4.78, 5) is 24.8. The van der Waals surface area contributed by atoms with Gasteiger partial charge in [0.15, 0.2) is 0 Å². The zero-order valence-electron chi connectivity index (χ0n) is 15.5. The summed E-state index contributed by atoms with van der Waals surface area (Å²) in [5, 5.41) is 0. The van der Waals surface area contributed by atoms with Gasteiger partial charge in [-0.1, -0.05) is 47.8 Å². The second-order valence-corrected chi connectivity index (χ2v) is 6.84. The van der Waals surface area contributed by atoms with E-state index in [2.05, 4.69) is 22.9 Å². The van der Waals surface area contributed by atoms with Crippen molar-refractivity contribution in [3.8, 4) is 5.75 Å². The zero-order valence-corrected chi connectivity index (χ0v) is 17.1. The van der Waals surface area contributed by atoms with Crippen LogP contribution in [0.15, 0.2) is 46.9 Å². The lowest BCUT2D eigenvalue weighted by Gasteiger charge is -2.12. The minimum absolute atomic E-state index is 0.0291. The predicted molar refractivity (Wildman–Crippen MR) is 106 cm³/mol. The first-order valence-corrected chi connectivity index (χ1v) is 9.61. The molecule has 0 radical (unpaired) electrons. The first kappa shape index (κ1) is 21.0. The van der Waals surface area contributed by atoms with E-state index in [0.29, 0.717) is 12.4 Å². The van der Waals surface area contributed by atoms with Gasteiger partial charge in [-0.2, -0.15) is 0 Å². The van der Waals surface area contributed by atoms with Crippen molar-refractivity contribution in [1.29, 1.82) is 0 Å². The maximum atomic E-state index is 12.5. The van der Waals surface area contributed by atoms with Crippen molar-refractivity contribution in [2.75, 3.05) is 13.7 Å². The van der Waals surface area contributed by atoms with Gasteiger partial charge in [0.25, 0.3) is 0 Å². The number of unbranched alkanes of at least 4 members (excludes halogenated alkanes) is 2. The highest BCUT2D eigenvalue weighted by atomic mass is 79.9. The van der Waals surface area contributed by atoms with E-state index in [1.807, 2.05) is 12.1 Å². The first-order chi connectivity index (χ1) is 13.1. The van der Waals surface area contributed by atoms with Crippen LogP contribution in [0, 0.1) is 0 Å². The molecule has 27 heavy (non-hydrogen) atoms. The number of ether oxygens (including phenoxy) is 3. The normalized spacial score (nSPS) is 10.3. The van der Waals surface area contributed by atoms with Crippen LogP contribution in [0.5, 0.6) is 5.75 Å². The summed E-state index contributed by atoms with van der Waals surface area (Å²) in [5.74, 6) is -0.480. The van der Waals surface area contributed by atoms with Crippen LogP contribution in [0.4, 0.5) is 0 Å². The summed E-state index contributed by atoms with van der Waals surface area (Å²) in [7, 11) is 1.55. The van der Waals surface area contributed by atoms with E-state index in [4.69, 9.17) is 14.2 Å². The quantitative estimate of drug-likeness (QED) is 0.402. The van der Waals surface area contributed by atoms with Crippen molar-refractivity contribution in [3.63, 3.8) is 0 Å². The minimum atomic E-state index is -0.585. The van der Waals surface area contributed by atoms with Crippen molar-refractivity contribution in [2.45, 2.75) is 32.8 Å². The molecule has 0 N–H and O–H groups in total. The Labute approximate surface area is 167 Å². The Balaban J connectivity index is 2.06. The number of rotatable bonds is 9. The predicted octanol–water partition coefficient (Wildman–Crippen LogP) is 5.16. The lowest BCUT2D eigenvalue weighted by Crippen LogP contribution is -2.14. The van der Waals surface area contributed by atoms with E-state index < -0.39 is 11.9 Å². The fourth-order valence-corrected chi connectivity index (χ4v) is 2.92. The van der Waals surface area contributed by atoms with Gasteiger partial charge < -0.3 is 14.2 Å². The van der Waals surface area contributed by atoms with Crippen molar-refractivity contribution in [1.82, 2.24) is 0 Å². The summed E-state index contributed by atoms with van der Waals surface area (Å²) in [6, 6.07) is 11.9. The van der Waals surface area contributed by atoms with E-state index >= 15 is 0 Å². The molecular formula is C21H23BrO5. The number of hydrogen-bond acceptors (Lipinski definition) is 5. The Kier molecular flexibility index (Phi) is 8.33. The fraction of sp³-hybridized carbons (Fsp3) is 0.333. The van der Waals surface area contributed by atoms with E-state index in [1.165, 1.54) is 0 Å². The molecule has 0 atom stereocenters. The molecule has 0 saturated carbocycles. The largest absolute Gasteiger partial charge is 0.496 e. The van der Waals surface area contributed by atoms with Gasteiger partial charge in [-0.05, 0) is 36.8 Å². The van der Waals surface area contributed by atoms with Crippen LogP contribution in [0.3, 0.4) is 0 Å². The molecule has 0 bridgehead atoms. The Morgan fingerprint density at radius 3 is 2.26 bits per heavy atom. The van der Waals surface area contributed by atoms with E-state index in [9.17, 15) is 9.59 Å². The number of halogens is 1. The third-order valence-corrected chi connectivity index (χ3v) is 4.44. The van der Waals surface area contributed by atoms with Gasteiger partial charge in [0.1, 0.15) is 12.4 Å². The molecule has 0 amide bonds. The first-order valence-electron chi connectivity index (χ1n) is 8.82. The van der Waals surface area contributed by atoms with Crippen LogP contribution >= 0.6 is 15.9 Å². The standard InChI is InChI=1S/C21H23BrO5/c1-3-4-7-12-26-20(23)17-8-5-6-9-18(17)21(24)27-14-15-13-16(22)10-11-19(15)25-2/h5-6,8-11,13H,3-4,7,12,14H2,1-2H3. The molecule has 2 rings (SSSR count). The number of benzene rings is 2. The highest BCUT2D eigenvalue weighted by Gasteiger charge is 2.19. The van der Waals surface area contributed by atoms with Crippen LogP contribution in [0.2, 0.25) is 0 Å². The number of esters is 2. The summed E-state index contributed by atoms with van der Waals surface area (Å²) in [5.41, 5.74) is 1.12. The van der Waals surface area contributed by atoms with Crippen molar-refractivity contribution in [2.24, 2.45) is 0 Å². The summed E-state index contributed by atoms with van der Waals surface area (Å²) in [6.07, 6.45) is 2.84. The zero-order chi connectivity index (χ0) is 19.6. The SMILES string of the molecule is CCCCCOC(=O)c1ccccc1C(=O)OCc1cc(Br)ccc1OC. The Morgan fingerprint density at radius 2 is 1.63 bits per heavy atom. The molecule has 144 valence electrons. The molecule has 2 aromatic carbocycles. The highest BCUT2D eigenvalue weighted by Crippen LogP contribution is 2.24. The van der Waals surface area contributed by atoms with Crippen molar-refractivity contribution in [3.05, 3.63) is 63.6 Å². The van der Waals surface area contributed by atoms with Crippen molar-refractivity contribution >= 4 is 27.9 Å². The van der Waals surface area contributed by atoms with Crippen LogP contribution in [-0.2, 0) is 16.1 Å². The highest BCUT2D eigenvalue weighted by molar-refractivity contribution is 9.10. The summed E-state index contributed by atoms with van der Waals surface area (Å²) in [6.45, 7) is 2.44. The summed E-state index contributed by atoms with van der Waals surface area (Å²) >= 11 is 3.39. The molecule has 2 aromatic rings. The number of methoxy groups -OCH3 is 1. The number of hydrogen-bond donors (Lipinski definition) is 0. The van der Waals surface area contributed by atoms with Gasteiger partial charge in [-0.3, -0.25) is 0 Å². The third kappa shape index (κ3) is 6.10. The molecule has 0 unspecified atom stereocenters. The average Bonchev–Trinajstić information content (AvgIpc) is 2.69. The molecule has 0 aliphatic rings. The second-order valence-electron chi connectivity index (χ2n) is 5.92. The van der Waals surface area contributed by atoms with Gasteiger partial charge in [0.05, 0.1) is 24.8 Å². The van der Waals surface area contributed by atoms with Gasteiger partial charge >= 0.3 is 11.9 Å². The lowest BCUT2D eigenvalue weighted by molar-refractivity contribution is 0.0434. The van der Waals surface area contributed by atoms with Crippen LogP contribution in [0.1, 0.15) is 52.5 Å². The third-order valence-electron chi connectivity index (χ3n) is 3.95. The lowest BCUT2D eigenvalue weighted by atomic mass is 10.1. The van der Waals surface area contributed by atoms with Gasteiger partial charge in [-0.15, -0.1) is 0 Å². The fourth-order valence-electron chi connectivity index (χ4n) is 2.51. The smallest absolute Gasteiger partial charge is 0.339 e. The molecule has 0 heterocycles. The molecule has 0 saturated heterocycles. The van der Waals surface area contributed by atoms with E-state index in [1.54, 1.807) is 37.4 Å². The van der Waals surface area contributed by atoms with Gasteiger partial charge in [0, 0.05) is 10.0 Å². The monoisotopic (exact) mass is 434 g/mol. The van der Waals surface area contributed by atoms with Crippen molar-refractivity contribution < 1.29 is 23.8 Å². The van der Waals surface area contributed by atoms with Gasteiger partial charge in [0.2, 0.25) is 0 Å². The molecule has 6 heteroatoms. The average molecular weight is 435 g/mol. The Bertz CT molecular complexity index is 788. The summed E-state index contributed by atoms with van der Waals surface area (Å²) < 4.78 is 16.8. The molecular weight excluding hydrogens is 412 g/mol. The topological polar surface area (TPSA) is 61.8 Å². The van der Waals surface area contributed by atoms with Crippen LogP contribution in [-0.4, -0.2) is 25.7 Å². The molecule has 0 fully saturated rings. The second kappa shape index (κ2) is 10.7. The Morgan fingerprint density at radius 1 is 0.963 bits per heavy atom. The van der Waals surface area contributed by atoms with Crippen LogP contribution < -0.4 is 4.74 Å². The maximum Gasteiger partial charge on any atom is 0.339 e. The molecule has 0 spiro atoms. The molecule has 5 nitrogen and oxygen atoms in total. The molecule has 0 aliphatic heterocycles. The van der Waals surface area contributed by atoms with E-state index in [0.717, 1.165) is 29.3 Å². The van der Waals surface area contributed by atoms with E-state index in [-0.39, 0.29) is 17.7 Å². The Hall–Kier alpha value is -2.34. The maximum absolute atomic E-state index is 12.5. The molecule has 0 aromatic heterocycles. The van der Waals surface area contributed by atoms with Gasteiger partial charge in [-0.25, -0.2) is 9.59 Å².